The quantitative estimate of drug-likeness (QED) is 0.307. The molecule has 2 aliphatic heterocycles. The van der Waals surface area contributed by atoms with Crippen molar-refractivity contribution >= 4 is 0 Å². The van der Waals surface area contributed by atoms with Gasteiger partial charge < -0.3 is 40.7 Å². The number of nitrogens with two attached hydrogens (primary N) is 1. The maximum Gasteiger partial charge on any atom is 0.186 e. The van der Waals surface area contributed by atoms with Crippen LogP contribution in [0.3, 0.4) is 0 Å². The first-order valence-corrected chi connectivity index (χ1v) is 7.84. The lowest BCUT2D eigenvalue weighted by atomic mass is 9.85. The summed E-state index contributed by atoms with van der Waals surface area (Å²) in [7, 11) is 1.33. The number of hydrogen-bond donors (Lipinski definition) is 6. The fourth-order valence-corrected chi connectivity index (χ4v) is 3.46. The van der Waals surface area contributed by atoms with Crippen molar-refractivity contribution in [2.24, 2.45) is 11.7 Å². The molecule has 2 saturated heterocycles. The molecule has 9 atom stereocenters. The van der Waals surface area contributed by atoms with Gasteiger partial charge in [-0.25, -0.2) is 0 Å². The van der Waals surface area contributed by atoms with E-state index in [1.165, 1.54) is 7.11 Å². The van der Waals surface area contributed by atoms with Gasteiger partial charge in [0.15, 0.2) is 6.29 Å². The van der Waals surface area contributed by atoms with E-state index in [9.17, 15) is 25.5 Å². The summed E-state index contributed by atoms with van der Waals surface area (Å²) in [6.07, 6.45) is -7.70. The fraction of sp³-hybridized carbons (Fsp3) is 1.00. The molecule has 2 fully saturated rings. The van der Waals surface area contributed by atoms with E-state index in [4.69, 9.17) is 15.2 Å². The average molecular weight is 336 g/mol. The smallest absolute Gasteiger partial charge is 0.186 e. The topological polar surface area (TPSA) is 149 Å². The molecule has 2 heterocycles. The number of rotatable bonds is 4. The zero-order valence-corrected chi connectivity index (χ0v) is 13.4. The lowest BCUT2D eigenvalue weighted by Gasteiger charge is -2.47. The van der Waals surface area contributed by atoms with Gasteiger partial charge in [-0.3, -0.25) is 4.90 Å². The zero-order valence-electron chi connectivity index (χ0n) is 13.4. The average Bonchev–Trinajstić information content (AvgIpc) is 2.53. The summed E-state index contributed by atoms with van der Waals surface area (Å²) in [4.78, 5) is 1.83. The Morgan fingerprint density at radius 2 is 1.74 bits per heavy atom. The van der Waals surface area contributed by atoms with Gasteiger partial charge in [-0.2, -0.15) is 0 Å². The molecule has 0 aromatic carbocycles. The molecule has 23 heavy (non-hydrogen) atoms. The highest BCUT2D eigenvalue weighted by molar-refractivity contribution is 4.96. The Morgan fingerprint density at radius 1 is 1.09 bits per heavy atom. The summed E-state index contributed by atoms with van der Waals surface area (Å²) in [6.45, 7) is 2.43. The van der Waals surface area contributed by atoms with Crippen molar-refractivity contribution in [1.29, 1.82) is 0 Å². The van der Waals surface area contributed by atoms with Gasteiger partial charge in [-0.1, -0.05) is 6.92 Å². The van der Waals surface area contributed by atoms with Crippen molar-refractivity contribution in [1.82, 2.24) is 4.90 Å². The second-order valence-electron chi connectivity index (χ2n) is 6.42. The van der Waals surface area contributed by atoms with Crippen LogP contribution in [0.2, 0.25) is 0 Å². The Balaban J connectivity index is 2.09. The van der Waals surface area contributed by atoms with E-state index < -0.39 is 42.9 Å². The predicted octanol–water partition coefficient (Wildman–Crippen LogP) is -3.56. The first kappa shape index (κ1) is 19.0. The van der Waals surface area contributed by atoms with E-state index in [1.807, 2.05) is 4.90 Å². The van der Waals surface area contributed by atoms with Crippen LogP contribution in [-0.2, 0) is 9.47 Å². The molecule has 2 rings (SSSR count). The van der Waals surface area contributed by atoms with Gasteiger partial charge in [0.25, 0.3) is 0 Å². The summed E-state index contributed by atoms with van der Waals surface area (Å²) >= 11 is 0. The van der Waals surface area contributed by atoms with Crippen LogP contribution < -0.4 is 5.73 Å². The summed E-state index contributed by atoms with van der Waals surface area (Å²) in [5.41, 5.74) is 5.78. The highest BCUT2D eigenvalue weighted by Crippen LogP contribution is 2.27. The van der Waals surface area contributed by atoms with Crippen LogP contribution in [-0.4, -0.2) is 106 Å². The third-order valence-electron chi connectivity index (χ3n) is 4.99. The number of likely N-dealkylation sites (tertiary alicyclic amines) is 1. The molecule has 0 amide bonds. The molecule has 0 spiro atoms. The minimum atomic E-state index is -1.40. The predicted molar refractivity (Wildman–Crippen MR) is 79.3 cm³/mol. The molecule has 9 nitrogen and oxygen atoms in total. The van der Waals surface area contributed by atoms with Crippen molar-refractivity contribution in [2.45, 2.75) is 55.9 Å². The van der Waals surface area contributed by atoms with Crippen LogP contribution in [0.1, 0.15) is 6.92 Å². The van der Waals surface area contributed by atoms with Crippen LogP contribution in [0.4, 0.5) is 0 Å². The molecule has 136 valence electrons. The Labute approximate surface area is 135 Å². The molecule has 0 saturated carbocycles. The second kappa shape index (κ2) is 7.68. The Bertz CT molecular complexity index is 386. The number of aliphatic hydroxyl groups is 5. The molecule has 0 bridgehead atoms. The second-order valence-corrected chi connectivity index (χ2v) is 6.42. The molecule has 9 heteroatoms. The van der Waals surface area contributed by atoms with Crippen LogP contribution in [0.25, 0.3) is 0 Å². The Morgan fingerprint density at radius 3 is 2.30 bits per heavy atom. The SMILES string of the molecule is CO[C@H]1O[C@H](CN2C[C@H](O)[C@@H](O)[C@@H](C)[C@H]2CN)[C@H](O)[C@H](O)[C@H]1O. The van der Waals surface area contributed by atoms with Crippen LogP contribution in [0.15, 0.2) is 0 Å². The standard InChI is InChI=1S/C14H28N2O7/c1-6-7(3-15)16(4-8(17)10(6)18)5-9-11(19)12(20)13(21)14(22-2)23-9/h6-14,17-21H,3-5,15H2,1-2H3/t6-,7+,8-,9+,10-,11-,12-,13+,14-/m0/s1. The maximum absolute atomic E-state index is 10.1. The number of ether oxygens (including phenoxy) is 2. The van der Waals surface area contributed by atoms with Gasteiger partial charge in [-0.15, -0.1) is 0 Å². The van der Waals surface area contributed by atoms with Crippen molar-refractivity contribution in [2.75, 3.05) is 26.7 Å². The van der Waals surface area contributed by atoms with Crippen LogP contribution in [0.5, 0.6) is 0 Å². The minimum absolute atomic E-state index is 0.177. The van der Waals surface area contributed by atoms with Crippen molar-refractivity contribution in [3.8, 4) is 0 Å². The maximum atomic E-state index is 10.1. The Hall–Kier alpha value is -0.360. The molecule has 0 aromatic rings. The highest BCUT2D eigenvalue weighted by Gasteiger charge is 2.46. The van der Waals surface area contributed by atoms with E-state index >= 15 is 0 Å². The Kier molecular flexibility index (Phi) is 6.34. The van der Waals surface area contributed by atoms with Crippen molar-refractivity contribution in [3.05, 3.63) is 0 Å². The summed E-state index contributed by atoms with van der Waals surface area (Å²) in [5.74, 6) is -0.252. The fourth-order valence-electron chi connectivity index (χ4n) is 3.46. The van der Waals surface area contributed by atoms with Crippen molar-refractivity contribution in [3.63, 3.8) is 0 Å². The number of aliphatic hydroxyl groups excluding tert-OH is 5. The number of hydrogen-bond acceptors (Lipinski definition) is 9. The number of methoxy groups -OCH3 is 1. The van der Waals surface area contributed by atoms with Crippen LogP contribution in [0, 0.1) is 5.92 Å². The van der Waals surface area contributed by atoms with E-state index in [1.54, 1.807) is 6.92 Å². The van der Waals surface area contributed by atoms with Gasteiger partial charge in [0, 0.05) is 38.7 Å². The van der Waals surface area contributed by atoms with E-state index in [0.717, 1.165) is 0 Å². The number of nitrogens with zero attached hydrogens (tertiary/aromatic N) is 1. The third-order valence-corrected chi connectivity index (χ3v) is 4.99. The first-order valence-electron chi connectivity index (χ1n) is 7.84. The summed E-state index contributed by atoms with van der Waals surface area (Å²) < 4.78 is 10.5. The first-order chi connectivity index (χ1) is 10.8. The van der Waals surface area contributed by atoms with E-state index in [0.29, 0.717) is 0 Å². The third kappa shape index (κ3) is 3.68. The normalized spacial score (nSPS) is 49.3. The molecule has 0 unspecified atom stereocenters. The van der Waals surface area contributed by atoms with Gasteiger partial charge in [0.1, 0.15) is 24.4 Å². The molecule has 7 N–H and O–H groups in total. The van der Waals surface area contributed by atoms with Gasteiger partial charge in [0.2, 0.25) is 0 Å². The lowest BCUT2D eigenvalue weighted by Crippen LogP contribution is -2.65. The van der Waals surface area contributed by atoms with Gasteiger partial charge in [-0.05, 0) is 0 Å². The number of β-amino-alcohol motifs (C(OH)–C–C–N with tert-alkyl or cyclic N) is 1. The van der Waals surface area contributed by atoms with E-state index in [-0.39, 0.29) is 31.6 Å². The largest absolute Gasteiger partial charge is 0.390 e. The summed E-state index contributed by atoms with van der Waals surface area (Å²) in [5, 5.41) is 49.8. The molecule has 0 radical (unpaired) electrons. The van der Waals surface area contributed by atoms with Crippen molar-refractivity contribution < 1.29 is 35.0 Å². The van der Waals surface area contributed by atoms with Gasteiger partial charge >= 0.3 is 0 Å². The highest BCUT2D eigenvalue weighted by atomic mass is 16.7. The minimum Gasteiger partial charge on any atom is -0.390 e. The van der Waals surface area contributed by atoms with Crippen LogP contribution >= 0.6 is 0 Å². The molecule has 0 aromatic heterocycles. The monoisotopic (exact) mass is 336 g/mol. The van der Waals surface area contributed by atoms with E-state index in [2.05, 4.69) is 0 Å². The number of piperidine rings is 1. The molecule has 0 aliphatic carbocycles. The summed E-state index contributed by atoms with van der Waals surface area (Å²) in [6, 6.07) is -0.200. The van der Waals surface area contributed by atoms with Gasteiger partial charge in [0.05, 0.1) is 12.2 Å². The lowest BCUT2D eigenvalue weighted by molar-refractivity contribution is -0.293. The molecular formula is C14H28N2O7. The molecular weight excluding hydrogens is 308 g/mol. The molecule has 2 aliphatic rings. The zero-order chi connectivity index (χ0) is 17.3.